The lowest BCUT2D eigenvalue weighted by Gasteiger charge is -2.25. The van der Waals surface area contributed by atoms with Crippen LogP contribution in [0.1, 0.15) is 43.5 Å². The van der Waals surface area contributed by atoms with Gasteiger partial charge >= 0.3 is 5.97 Å². The van der Waals surface area contributed by atoms with Crippen molar-refractivity contribution in [2.45, 2.75) is 33.4 Å². The van der Waals surface area contributed by atoms with Gasteiger partial charge < -0.3 is 18.9 Å². The summed E-state index contributed by atoms with van der Waals surface area (Å²) in [4.78, 5) is 32.4. The predicted molar refractivity (Wildman–Crippen MR) is 174 cm³/mol. The van der Waals surface area contributed by atoms with Crippen LogP contribution in [-0.4, -0.2) is 30.9 Å². The van der Waals surface area contributed by atoms with E-state index in [0.29, 0.717) is 61.7 Å². The van der Waals surface area contributed by atoms with Crippen LogP contribution in [0.3, 0.4) is 0 Å². The molecule has 228 valence electrons. The Hall–Kier alpha value is -3.86. The van der Waals surface area contributed by atoms with Crippen LogP contribution in [-0.2, 0) is 16.1 Å². The molecule has 1 aliphatic rings. The number of halogens is 2. The van der Waals surface area contributed by atoms with Crippen molar-refractivity contribution < 1.29 is 23.7 Å². The second kappa shape index (κ2) is 13.8. The number of carbonyl (C=O) groups excluding carboxylic acids is 1. The lowest BCUT2D eigenvalue weighted by molar-refractivity contribution is -0.139. The monoisotopic (exact) mass is 696 g/mol. The molecule has 0 N–H and O–H groups in total. The molecule has 0 saturated carbocycles. The highest BCUT2D eigenvalue weighted by Crippen LogP contribution is 2.36. The zero-order valence-corrected chi connectivity index (χ0v) is 27.7. The largest absolute Gasteiger partial charge is 0.493 e. The number of aromatic nitrogens is 1. The maximum atomic E-state index is 14.0. The first kappa shape index (κ1) is 31.6. The minimum absolute atomic E-state index is 0.188. The van der Waals surface area contributed by atoms with Gasteiger partial charge in [0.05, 0.1) is 46.6 Å². The van der Waals surface area contributed by atoms with Gasteiger partial charge in [-0.05, 0) is 95.9 Å². The summed E-state index contributed by atoms with van der Waals surface area (Å²) in [5.74, 6) is 1.20. The second-order valence-corrected chi connectivity index (χ2v) is 12.1. The van der Waals surface area contributed by atoms with Crippen LogP contribution in [0.4, 0.5) is 0 Å². The zero-order chi connectivity index (χ0) is 31.4. The second-order valence-electron chi connectivity index (χ2n) is 9.75. The lowest BCUT2D eigenvalue weighted by Crippen LogP contribution is -2.40. The molecule has 5 rings (SSSR count). The summed E-state index contributed by atoms with van der Waals surface area (Å²) in [6, 6.07) is 17.7. The molecule has 0 amide bonds. The molecule has 4 aromatic rings. The molecule has 1 aliphatic heterocycles. The molecule has 0 unspecified atom stereocenters. The fourth-order valence-electron chi connectivity index (χ4n) is 4.86. The summed E-state index contributed by atoms with van der Waals surface area (Å²) in [6.07, 6.45) is 1.80. The Balaban J connectivity index is 1.55. The Kier molecular flexibility index (Phi) is 9.93. The number of ether oxygens (including phenoxy) is 4. The summed E-state index contributed by atoms with van der Waals surface area (Å²) in [7, 11) is 1.56. The van der Waals surface area contributed by atoms with Crippen molar-refractivity contribution >= 4 is 50.9 Å². The number of allylic oxidation sites excluding steroid dienone is 1. The van der Waals surface area contributed by atoms with E-state index in [1.54, 1.807) is 43.7 Å². The van der Waals surface area contributed by atoms with E-state index in [-0.39, 0.29) is 12.2 Å². The SMILES string of the molecule is CCOC(=O)C1=C(C)N=c2s/c(=C\c3ccc(OCc4ccc(Cl)cc4)c(Br)c3)c(=O)n2[C@H]1c1ccc(OC)c(OCC)c1. The Morgan fingerprint density at radius 1 is 1.02 bits per heavy atom. The molecule has 0 fully saturated rings. The standard InChI is InChI=1S/C33H30BrClN2O6S/c1-5-41-27-17-22(10-14-26(27)40-4)30-29(32(39)42-6-2)19(3)36-33-37(30)31(38)28(44-33)16-21-9-13-25(24(34)15-21)43-18-20-7-11-23(35)12-8-20/h7-17,30H,5-6,18H2,1-4H3/b28-16-/t30-/m0/s1. The maximum absolute atomic E-state index is 14.0. The first-order valence-corrected chi connectivity index (χ1v) is 15.9. The van der Waals surface area contributed by atoms with E-state index in [4.69, 9.17) is 30.5 Å². The highest BCUT2D eigenvalue weighted by molar-refractivity contribution is 9.10. The first-order valence-electron chi connectivity index (χ1n) is 13.9. The van der Waals surface area contributed by atoms with Crippen LogP contribution < -0.4 is 29.1 Å². The van der Waals surface area contributed by atoms with E-state index < -0.39 is 12.0 Å². The van der Waals surface area contributed by atoms with Crippen LogP contribution in [0, 0.1) is 0 Å². The highest BCUT2D eigenvalue weighted by atomic mass is 79.9. The summed E-state index contributed by atoms with van der Waals surface area (Å²) in [5.41, 5.74) is 2.96. The average Bonchev–Trinajstić information content (AvgIpc) is 3.30. The molecule has 3 aromatic carbocycles. The number of hydrogen-bond acceptors (Lipinski definition) is 8. The first-order chi connectivity index (χ1) is 21.2. The molecule has 0 spiro atoms. The molecule has 1 aromatic heterocycles. The average molecular weight is 698 g/mol. The van der Waals surface area contributed by atoms with Crippen molar-refractivity contribution in [1.82, 2.24) is 4.57 Å². The molecule has 0 saturated heterocycles. The molecule has 0 radical (unpaired) electrons. The van der Waals surface area contributed by atoms with E-state index in [2.05, 4.69) is 20.9 Å². The van der Waals surface area contributed by atoms with E-state index in [0.717, 1.165) is 15.6 Å². The molecular weight excluding hydrogens is 668 g/mol. The van der Waals surface area contributed by atoms with Crippen LogP contribution >= 0.6 is 38.9 Å². The van der Waals surface area contributed by atoms with E-state index in [1.807, 2.05) is 55.5 Å². The number of nitrogens with zero attached hydrogens (tertiary/aromatic N) is 2. The van der Waals surface area contributed by atoms with Gasteiger partial charge in [-0.3, -0.25) is 9.36 Å². The summed E-state index contributed by atoms with van der Waals surface area (Å²) in [5, 5.41) is 0.669. The lowest BCUT2D eigenvalue weighted by atomic mass is 9.95. The third-order valence-corrected chi connectivity index (χ3v) is 8.74. The third-order valence-electron chi connectivity index (χ3n) is 6.88. The normalized spacial score (nSPS) is 14.6. The van der Waals surface area contributed by atoms with Crippen LogP contribution in [0.5, 0.6) is 17.2 Å². The van der Waals surface area contributed by atoms with E-state index in [9.17, 15) is 9.59 Å². The number of methoxy groups -OCH3 is 1. The van der Waals surface area contributed by atoms with Crippen molar-refractivity contribution in [1.29, 1.82) is 0 Å². The van der Waals surface area contributed by atoms with Crippen LogP contribution in [0.15, 0.2) is 86.2 Å². The fourth-order valence-corrected chi connectivity index (χ4v) is 6.54. The minimum Gasteiger partial charge on any atom is -0.493 e. The predicted octanol–water partition coefficient (Wildman–Crippen LogP) is 6.20. The Labute approximate surface area is 272 Å². The summed E-state index contributed by atoms with van der Waals surface area (Å²) >= 11 is 10.8. The Morgan fingerprint density at radius 3 is 2.45 bits per heavy atom. The number of esters is 1. The Morgan fingerprint density at radius 2 is 1.77 bits per heavy atom. The van der Waals surface area contributed by atoms with Crippen molar-refractivity contribution in [3.63, 3.8) is 0 Å². The molecule has 0 bridgehead atoms. The van der Waals surface area contributed by atoms with Gasteiger partial charge in [-0.1, -0.05) is 47.2 Å². The van der Waals surface area contributed by atoms with Gasteiger partial charge in [0.15, 0.2) is 16.3 Å². The van der Waals surface area contributed by atoms with Crippen molar-refractivity contribution in [3.05, 3.63) is 118 Å². The van der Waals surface area contributed by atoms with Gasteiger partial charge in [-0.15, -0.1) is 0 Å². The fraction of sp³-hybridized carbons (Fsp3) is 0.242. The number of hydrogen-bond donors (Lipinski definition) is 0. The highest BCUT2D eigenvalue weighted by Gasteiger charge is 2.34. The van der Waals surface area contributed by atoms with Crippen LogP contribution in [0.2, 0.25) is 5.02 Å². The minimum atomic E-state index is -0.770. The molecule has 44 heavy (non-hydrogen) atoms. The van der Waals surface area contributed by atoms with Gasteiger partial charge in [-0.2, -0.15) is 0 Å². The van der Waals surface area contributed by atoms with Gasteiger partial charge in [0.25, 0.3) is 5.56 Å². The molecule has 8 nitrogen and oxygen atoms in total. The number of thiazole rings is 1. The molecule has 1 atom stereocenters. The van der Waals surface area contributed by atoms with Gasteiger partial charge in [0.2, 0.25) is 0 Å². The summed E-state index contributed by atoms with van der Waals surface area (Å²) in [6.45, 7) is 6.36. The van der Waals surface area contributed by atoms with Gasteiger partial charge in [-0.25, -0.2) is 9.79 Å². The zero-order valence-electron chi connectivity index (χ0n) is 24.6. The number of carbonyl (C=O) groups is 1. The number of rotatable bonds is 10. The molecule has 2 heterocycles. The molecule has 0 aliphatic carbocycles. The van der Waals surface area contributed by atoms with E-state index in [1.165, 1.54) is 11.3 Å². The molecular formula is C33H30BrClN2O6S. The number of benzene rings is 3. The van der Waals surface area contributed by atoms with Gasteiger partial charge in [0, 0.05) is 5.02 Å². The van der Waals surface area contributed by atoms with Crippen molar-refractivity contribution in [3.8, 4) is 17.2 Å². The topological polar surface area (TPSA) is 88.4 Å². The smallest absolute Gasteiger partial charge is 0.338 e. The third kappa shape index (κ3) is 6.62. The van der Waals surface area contributed by atoms with Crippen molar-refractivity contribution in [2.24, 2.45) is 4.99 Å². The van der Waals surface area contributed by atoms with E-state index >= 15 is 0 Å². The number of fused-ring (bicyclic) bond motifs is 1. The summed E-state index contributed by atoms with van der Waals surface area (Å²) < 4.78 is 25.4. The quantitative estimate of drug-likeness (QED) is 0.184. The van der Waals surface area contributed by atoms with Crippen LogP contribution in [0.25, 0.3) is 6.08 Å². The van der Waals surface area contributed by atoms with Crippen molar-refractivity contribution in [2.75, 3.05) is 20.3 Å². The maximum Gasteiger partial charge on any atom is 0.338 e. The Bertz CT molecular complexity index is 1920. The van der Waals surface area contributed by atoms with Gasteiger partial charge in [0.1, 0.15) is 12.4 Å². The molecule has 11 heteroatoms.